The molecular formula is C13H15ClF3N3O. The number of nitrogens with zero attached hydrogens (tertiary/aromatic N) is 3. The lowest BCUT2D eigenvalue weighted by Crippen LogP contribution is -2.34. The standard InChI is InChI=1S/C13H15ClF3N3O/c1-9(21)19-3-2-4-20(6-5-19)12-8-10(13(15,16)17)7-11(14)18-12/h7-8H,2-6H2,1H3. The smallest absolute Gasteiger partial charge is 0.355 e. The largest absolute Gasteiger partial charge is 0.416 e. The summed E-state index contributed by atoms with van der Waals surface area (Å²) in [6.45, 7) is 3.51. The van der Waals surface area contributed by atoms with Crippen LogP contribution in [-0.4, -0.2) is 42.0 Å². The number of rotatable bonds is 1. The van der Waals surface area contributed by atoms with Crippen molar-refractivity contribution in [2.24, 2.45) is 0 Å². The molecule has 1 aromatic rings. The van der Waals surface area contributed by atoms with Crippen LogP contribution >= 0.6 is 11.6 Å². The van der Waals surface area contributed by atoms with Gasteiger partial charge in [0.1, 0.15) is 11.0 Å². The summed E-state index contributed by atoms with van der Waals surface area (Å²) >= 11 is 5.69. The van der Waals surface area contributed by atoms with Crippen LogP contribution in [0.1, 0.15) is 18.9 Å². The number of amides is 1. The van der Waals surface area contributed by atoms with Crippen molar-refractivity contribution in [1.82, 2.24) is 9.88 Å². The molecule has 8 heteroatoms. The van der Waals surface area contributed by atoms with Gasteiger partial charge in [-0.2, -0.15) is 13.2 Å². The quantitative estimate of drug-likeness (QED) is 0.746. The topological polar surface area (TPSA) is 36.4 Å². The Kier molecular flexibility index (Phi) is 4.61. The van der Waals surface area contributed by atoms with Crippen molar-refractivity contribution >= 4 is 23.3 Å². The van der Waals surface area contributed by atoms with E-state index in [-0.39, 0.29) is 16.9 Å². The molecule has 1 fully saturated rings. The van der Waals surface area contributed by atoms with Crippen LogP contribution in [0, 0.1) is 0 Å². The predicted molar refractivity (Wildman–Crippen MR) is 73.3 cm³/mol. The Hall–Kier alpha value is -1.50. The van der Waals surface area contributed by atoms with Gasteiger partial charge in [-0.15, -0.1) is 0 Å². The molecule has 0 atom stereocenters. The van der Waals surface area contributed by atoms with Gasteiger partial charge in [-0.3, -0.25) is 4.79 Å². The number of halogens is 4. The first-order valence-electron chi connectivity index (χ1n) is 6.52. The molecule has 0 bridgehead atoms. The predicted octanol–water partition coefficient (Wildman–Crippen LogP) is 2.81. The first kappa shape index (κ1) is 15.9. The van der Waals surface area contributed by atoms with Crippen molar-refractivity contribution < 1.29 is 18.0 Å². The summed E-state index contributed by atoms with van der Waals surface area (Å²) in [7, 11) is 0. The van der Waals surface area contributed by atoms with E-state index in [1.165, 1.54) is 6.92 Å². The fourth-order valence-corrected chi connectivity index (χ4v) is 2.47. The lowest BCUT2D eigenvalue weighted by Gasteiger charge is -2.23. The highest BCUT2D eigenvalue weighted by molar-refractivity contribution is 6.29. The minimum Gasteiger partial charge on any atom is -0.355 e. The molecule has 2 rings (SSSR count). The highest BCUT2D eigenvalue weighted by Gasteiger charge is 2.32. The average Bonchev–Trinajstić information content (AvgIpc) is 2.62. The summed E-state index contributed by atoms with van der Waals surface area (Å²) in [5.74, 6) is 0.159. The molecule has 1 amide bonds. The molecule has 0 unspecified atom stereocenters. The molecule has 1 aromatic heterocycles. The number of pyridine rings is 1. The molecule has 0 aliphatic carbocycles. The van der Waals surface area contributed by atoms with Crippen molar-refractivity contribution in [3.05, 3.63) is 22.8 Å². The van der Waals surface area contributed by atoms with E-state index in [0.29, 0.717) is 32.6 Å². The van der Waals surface area contributed by atoms with Gasteiger partial charge in [0, 0.05) is 33.1 Å². The Bertz CT molecular complexity index is 536. The Morgan fingerprint density at radius 3 is 2.57 bits per heavy atom. The lowest BCUT2D eigenvalue weighted by molar-refractivity contribution is -0.137. The Morgan fingerprint density at radius 1 is 1.24 bits per heavy atom. The lowest BCUT2D eigenvalue weighted by atomic mass is 10.2. The zero-order chi connectivity index (χ0) is 15.6. The Morgan fingerprint density at radius 2 is 1.95 bits per heavy atom. The molecule has 0 N–H and O–H groups in total. The number of carbonyl (C=O) groups is 1. The first-order valence-corrected chi connectivity index (χ1v) is 6.90. The molecule has 2 heterocycles. The van der Waals surface area contributed by atoms with E-state index >= 15 is 0 Å². The van der Waals surface area contributed by atoms with Gasteiger partial charge >= 0.3 is 6.18 Å². The third kappa shape index (κ3) is 4.00. The first-order chi connectivity index (χ1) is 9.77. The van der Waals surface area contributed by atoms with E-state index in [0.717, 1.165) is 12.1 Å². The van der Waals surface area contributed by atoms with Crippen molar-refractivity contribution in [2.45, 2.75) is 19.5 Å². The summed E-state index contributed by atoms with van der Waals surface area (Å²) in [4.78, 5) is 18.7. The van der Waals surface area contributed by atoms with Crippen LogP contribution in [0.15, 0.2) is 12.1 Å². The number of aromatic nitrogens is 1. The number of hydrogen-bond acceptors (Lipinski definition) is 3. The molecule has 1 aliphatic rings. The maximum Gasteiger partial charge on any atom is 0.416 e. The highest BCUT2D eigenvalue weighted by Crippen LogP contribution is 2.33. The minimum absolute atomic E-state index is 0.0353. The zero-order valence-electron chi connectivity index (χ0n) is 11.5. The van der Waals surface area contributed by atoms with E-state index in [9.17, 15) is 18.0 Å². The van der Waals surface area contributed by atoms with Crippen LogP contribution in [0.4, 0.5) is 19.0 Å². The van der Waals surface area contributed by atoms with Crippen LogP contribution in [0.25, 0.3) is 0 Å². The monoisotopic (exact) mass is 321 g/mol. The number of alkyl halides is 3. The molecule has 0 spiro atoms. The third-order valence-corrected chi connectivity index (χ3v) is 3.57. The average molecular weight is 322 g/mol. The SMILES string of the molecule is CC(=O)N1CCCN(c2cc(C(F)(F)F)cc(Cl)n2)CC1. The Labute approximate surface area is 125 Å². The zero-order valence-corrected chi connectivity index (χ0v) is 12.2. The maximum absolute atomic E-state index is 12.8. The van der Waals surface area contributed by atoms with Gasteiger partial charge in [-0.1, -0.05) is 11.6 Å². The van der Waals surface area contributed by atoms with Gasteiger partial charge in [0.25, 0.3) is 0 Å². The van der Waals surface area contributed by atoms with Crippen LogP contribution in [0.2, 0.25) is 5.15 Å². The van der Waals surface area contributed by atoms with E-state index in [1.807, 2.05) is 0 Å². The second kappa shape index (κ2) is 6.09. The van der Waals surface area contributed by atoms with Crippen LogP contribution in [0.3, 0.4) is 0 Å². The van der Waals surface area contributed by atoms with Crippen molar-refractivity contribution in [3.63, 3.8) is 0 Å². The molecular weight excluding hydrogens is 307 g/mol. The van der Waals surface area contributed by atoms with E-state index in [1.54, 1.807) is 9.80 Å². The molecule has 0 aromatic carbocycles. The molecule has 116 valence electrons. The van der Waals surface area contributed by atoms with Gasteiger partial charge in [0.2, 0.25) is 5.91 Å². The van der Waals surface area contributed by atoms with E-state index in [4.69, 9.17) is 11.6 Å². The molecule has 21 heavy (non-hydrogen) atoms. The van der Waals surface area contributed by atoms with Crippen LogP contribution < -0.4 is 4.90 Å². The van der Waals surface area contributed by atoms with Gasteiger partial charge in [-0.05, 0) is 18.6 Å². The minimum atomic E-state index is -4.46. The number of carbonyl (C=O) groups excluding carboxylic acids is 1. The summed E-state index contributed by atoms with van der Waals surface area (Å²) in [6.07, 6.45) is -3.78. The maximum atomic E-state index is 12.8. The fraction of sp³-hybridized carbons (Fsp3) is 0.538. The van der Waals surface area contributed by atoms with E-state index < -0.39 is 11.7 Å². The fourth-order valence-electron chi connectivity index (χ4n) is 2.27. The van der Waals surface area contributed by atoms with Crippen LogP contribution in [0.5, 0.6) is 0 Å². The second-order valence-corrected chi connectivity index (χ2v) is 5.27. The summed E-state index contributed by atoms with van der Waals surface area (Å²) in [5.41, 5.74) is -0.815. The highest BCUT2D eigenvalue weighted by atomic mass is 35.5. The molecule has 1 aliphatic heterocycles. The molecule has 4 nitrogen and oxygen atoms in total. The third-order valence-electron chi connectivity index (χ3n) is 3.37. The summed E-state index contributed by atoms with van der Waals surface area (Å²) in [6, 6.07) is 1.81. The molecule has 0 radical (unpaired) electrons. The summed E-state index contributed by atoms with van der Waals surface area (Å²) < 4.78 is 38.4. The summed E-state index contributed by atoms with van der Waals surface area (Å²) in [5, 5.41) is -0.188. The van der Waals surface area contributed by atoms with Crippen molar-refractivity contribution in [1.29, 1.82) is 0 Å². The van der Waals surface area contributed by atoms with Gasteiger partial charge in [-0.25, -0.2) is 4.98 Å². The van der Waals surface area contributed by atoms with E-state index in [2.05, 4.69) is 4.98 Å². The normalized spacial score (nSPS) is 16.8. The van der Waals surface area contributed by atoms with Crippen LogP contribution in [-0.2, 0) is 11.0 Å². The van der Waals surface area contributed by atoms with Gasteiger partial charge < -0.3 is 9.80 Å². The van der Waals surface area contributed by atoms with Gasteiger partial charge in [0.15, 0.2) is 0 Å². The molecule has 1 saturated heterocycles. The Balaban J connectivity index is 2.22. The number of anilines is 1. The second-order valence-electron chi connectivity index (χ2n) is 4.88. The number of hydrogen-bond donors (Lipinski definition) is 0. The van der Waals surface area contributed by atoms with Crippen molar-refractivity contribution in [2.75, 3.05) is 31.1 Å². The van der Waals surface area contributed by atoms with Crippen molar-refractivity contribution in [3.8, 4) is 0 Å². The van der Waals surface area contributed by atoms with Gasteiger partial charge in [0.05, 0.1) is 5.56 Å². The molecule has 0 saturated carbocycles.